The van der Waals surface area contributed by atoms with Gasteiger partial charge in [-0.05, 0) is 43.3 Å². The van der Waals surface area contributed by atoms with Gasteiger partial charge in [-0.25, -0.2) is 0 Å². The zero-order chi connectivity index (χ0) is 13.7. The molecule has 1 heterocycles. The predicted octanol–water partition coefficient (Wildman–Crippen LogP) is 2.58. The monoisotopic (exact) mass is 259 g/mol. The van der Waals surface area contributed by atoms with Gasteiger partial charge in [-0.1, -0.05) is 0 Å². The Kier molecular flexibility index (Phi) is 4.36. The SMILES string of the molecule is CCN(CCO)c1ccc(-c2ccc(C=O)o2)cc1. The van der Waals surface area contributed by atoms with Crippen LogP contribution in [0.4, 0.5) is 5.69 Å². The van der Waals surface area contributed by atoms with Crippen LogP contribution >= 0.6 is 0 Å². The smallest absolute Gasteiger partial charge is 0.185 e. The molecule has 0 aliphatic carbocycles. The highest BCUT2D eigenvalue weighted by Crippen LogP contribution is 2.24. The fourth-order valence-electron chi connectivity index (χ4n) is 2.00. The summed E-state index contributed by atoms with van der Waals surface area (Å²) in [5, 5.41) is 9.00. The zero-order valence-corrected chi connectivity index (χ0v) is 10.9. The van der Waals surface area contributed by atoms with Crippen LogP contribution in [0.25, 0.3) is 11.3 Å². The second kappa shape index (κ2) is 6.20. The average molecular weight is 259 g/mol. The van der Waals surface area contributed by atoms with Gasteiger partial charge in [-0.2, -0.15) is 0 Å². The Balaban J connectivity index is 2.19. The van der Waals surface area contributed by atoms with Crippen molar-refractivity contribution in [1.29, 1.82) is 0 Å². The van der Waals surface area contributed by atoms with Gasteiger partial charge in [0, 0.05) is 24.3 Å². The largest absolute Gasteiger partial charge is 0.453 e. The van der Waals surface area contributed by atoms with Crippen LogP contribution in [0.5, 0.6) is 0 Å². The minimum atomic E-state index is 0.135. The summed E-state index contributed by atoms with van der Waals surface area (Å²) in [6.07, 6.45) is 0.692. The maximum atomic E-state index is 10.6. The number of carbonyl (C=O) groups excluding carboxylic acids is 1. The first kappa shape index (κ1) is 13.4. The molecular formula is C15H17NO3. The molecule has 1 aromatic carbocycles. The zero-order valence-electron chi connectivity index (χ0n) is 10.9. The van der Waals surface area contributed by atoms with Gasteiger partial charge < -0.3 is 14.4 Å². The van der Waals surface area contributed by atoms with Crippen molar-refractivity contribution < 1.29 is 14.3 Å². The molecule has 2 aromatic rings. The van der Waals surface area contributed by atoms with Gasteiger partial charge in [0.2, 0.25) is 0 Å². The number of furan rings is 1. The van der Waals surface area contributed by atoms with E-state index in [1.165, 1.54) is 0 Å². The van der Waals surface area contributed by atoms with Crippen LogP contribution in [0, 0.1) is 0 Å². The quantitative estimate of drug-likeness (QED) is 0.810. The van der Waals surface area contributed by atoms with Crippen molar-refractivity contribution in [3.63, 3.8) is 0 Å². The molecule has 0 saturated carbocycles. The van der Waals surface area contributed by atoms with Crippen molar-refractivity contribution in [2.45, 2.75) is 6.92 Å². The molecule has 1 aromatic heterocycles. The van der Waals surface area contributed by atoms with Crippen LogP contribution < -0.4 is 4.90 Å². The van der Waals surface area contributed by atoms with Crippen molar-refractivity contribution in [1.82, 2.24) is 0 Å². The van der Waals surface area contributed by atoms with Crippen molar-refractivity contribution in [2.24, 2.45) is 0 Å². The normalized spacial score (nSPS) is 10.4. The minimum Gasteiger partial charge on any atom is -0.453 e. The number of aldehydes is 1. The van der Waals surface area contributed by atoms with E-state index in [1.807, 2.05) is 31.2 Å². The molecule has 0 saturated heterocycles. The Morgan fingerprint density at radius 2 is 1.95 bits per heavy atom. The Hall–Kier alpha value is -2.07. The number of aliphatic hydroxyl groups is 1. The summed E-state index contributed by atoms with van der Waals surface area (Å²) >= 11 is 0. The van der Waals surface area contributed by atoms with Crippen LogP contribution in [-0.2, 0) is 0 Å². The second-order valence-electron chi connectivity index (χ2n) is 4.17. The lowest BCUT2D eigenvalue weighted by atomic mass is 10.1. The molecule has 0 unspecified atom stereocenters. The Morgan fingerprint density at radius 1 is 1.21 bits per heavy atom. The molecule has 0 atom stereocenters. The number of anilines is 1. The molecular weight excluding hydrogens is 242 g/mol. The molecule has 4 heteroatoms. The highest BCUT2D eigenvalue weighted by Gasteiger charge is 2.06. The van der Waals surface area contributed by atoms with Crippen molar-refractivity contribution in [3.05, 3.63) is 42.2 Å². The van der Waals surface area contributed by atoms with E-state index in [-0.39, 0.29) is 6.61 Å². The molecule has 1 N–H and O–H groups in total. The van der Waals surface area contributed by atoms with E-state index in [0.29, 0.717) is 24.4 Å². The van der Waals surface area contributed by atoms with Crippen molar-refractivity contribution >= 4 is 12.0 Å². The highest BCUT2D eigenvalue weighted by molar-refractivity contribution is 5.73. The van der Waals surface area contributed by atoms with E-state index >= 15 is 0 Å². The lowest BCUT2D eigenvalue weighted by Gasteiger charge is -2.21. The van der Waals surface area contributed by atoms with Crippen LogP contribution in [-0.4, -0.2) is 31.1 Å². The summed E-state index contributed by atoms with van der Waals surface area (Å²) < 4.78 is 5.37. The number of hydrogen-bond donors (Lipinski definition) is 1. The van der Waals surface area contributed by atoms with E-state index in [0.717, 1.165) is 17.8 Å². The second-order valence-corrected chi connectivity index (χ2v) is 4.17. The van der Waals surface area contributed by atoms with E-state index in [9.17, 15) is 4.79 Å². The number of likely N-dealkylation sites (N-methyl/N-ethyl adjacent to an activating group) is 1. The fraction of sp³-hybridized carbons (Fsp3) is 0.267. The molecule has 19 heavy (non-hydrogen) atoms. The van der Waals surface area contributed by atoms with Gasteiger partial charge in [0.25, 0.3) is 0 Å². The third kappa shape index (κ3) is 3.03. The van der Waals surface area contributed by atoms with Gasteiger partial charge in [0.1, 0.15) is 5.76 Å². The average Bonchev–Trinajstić information content (AvgIpc) is 2.94. The summed E-state index contributed by atoms with van der Waals surface area (Å²) in [6, 6.07) is 11.3. The summed E-state index contributed by atoms with van der Waals surface area (Å²) in [5.74, 6) is 1.01. The lowest BCUT2D eigenvalue weighted by molar-refractivity contribution is 0.110. The molecule has 0 bridgehead atoms. The number of nitrogens with zero attached hydrogens (tertiary/aromatic N) is 1. The number of rotatable bonds is 6. The van der Waals surface area contributed by atoms with E-state index in [2.05, 4.69) is 4.90 Å². The van der Waals surface area contributed by atoms with Crippen LogP contribution in [0.2, 0.25) is 0 Å². The van der Waals surface area contributed by atoms with Crippen molar-refractivity contribution in [2.75, 3.05) is 24.6 Å². The van der Waals surface area contributed by atoms with E-state index in [1.54, 1.807) is 12.1 Å². The molecule has 0 fully saturated rings. The summed E-state index contributed by atoms with van der Waals surface area (Å²) in [4.78, 5) is 12.7. The third-order valence-corrected chi connectivity index (χ3v) is 3.01. The molecule has 0 aliphatic rings. The number of benzene rings is 1. The predicted molar refractivity (Wildman–Crippen MR) is 74.5 cm³/mol. The van der Waals surface area contributed by atoms with Gasteiger partial charge in [-0.15, -0.1) is 0 Å². The maximum Gasteiger partial charge on any atom is 0.185 e. The number of aliphatic hydroxyl groups excluding tert-OH is 1. The Labute approximate surface area is 112 Å². The summed E-state index contributed by atoms with van der Waals surface area (Å²) in [6.45, 7) is 3.64. The lowest BCUT2D eigenvalue weighted by Crippen LogP contribution is -2.25. The fourth-order valence-corrected chi connectivity index (χ4v) is 2.00. The van der Waals surface area contributed by atoms with Crippen molar-refractivity contribution in [3.8, 4) is 11.3 Å². The number of hydrogen-bond acceptors (Lipinski definition) is 4. The van der Waals surface area contributed by atoms with E-state index in [4.69, 9.17) is 9.52 Å². The van der Waals surface area contributed by atoms with Gasteiger partial charge in [0.05, 0.1) is 6.61 Å². The van der Waals surface area contributed by atoms with E-state index < -0.39 is 0 Å². The molecule has 0 amide bonds. The van der Waals surface area contributed by atoms with Gasteiger partial charge in [0.15, 0.2) is 12.0 Å². The first-order chi connectivity index (χ1) is 9.28. The summed E-state index contributed by atoms with van der Waals surface area (Å²) in [7, 11) is 0. The van der Waals surface area contributed by atoms with Gasteiger partial charge >= 0.3 is 0 Å². The minimum absolute atomic E-state index is 0.135. The third-order valence-electron chi connectivity index (χ3n) is 3.01. The standard InChI is InChI=1S/C15H17NO3/c1-2-16(9-10-17)13-5-3-12(4-6-13)15-8-7-14(11-18)19-15/h3-8,11,17H,2,9-10H2,1H3. The number of carbonyl (C=O) groups is 1. The Morgan fingerprint density at radius 3 is 2.47 bits per heavy atom. The maximum absolute atomic E-state index is 10.6. The highest BCUT2D eigenvalue weighted by atomic mass is 16.3. The molecule has 0 spiro atoms. The van der Waals surface area contributed by atoms with Crippen LogP contribution in [0.1, 0.15) is 17.5 Å². The topological polar surface area (TPSA) is 53.7 Å². The first-order valence-corrected chi connectivity index (χ1v) is 6.29. The molecule has 4 nitrogen and oxygen atoms in total. The molecule has 2 rings (SSSR count). The summed E-state index contributed by atoms with van der Waals surface area (Å²) in [5.41, 5.74) is 1.99. The first-order valence-electron chi connectivity index (χ1n) is 6.29. The molecule has 0 aliphatic heterocycles. The van der Waals surface area contributed by atoms with Gasteiger partial charge in [-0.3, -0.25) is 4.79 Å². The Bertz CT molecular complexity index is 531. The molecule has 0 radical (unpaired) electrons. The van der Waals surface area contributed by atoms with Crippen LogP contribution in [0.15, 0.2) is 40.8 Å². The van der Waals surface area contributed by atoms with Crippen LogP contribution in [0.3, 0.4) is 0 Å². The molecule has 100 valence electrons.